The summed E-state index contributed by atoms with van der Waals surface area (Å²) < 4.78 is 13.2. The topological polar surface area (TPSA) is 81.3 Å². The zero-order valence-corrected chi connectivity index (χ0v) is 11.8. The van der Waals surface area contributed by atoms with Crippen molar-refractivity contribution in [2.24, 2.45) is 0 Å². The van der Waals surface area contributed by atoms with Gasteiger partial charge in [0.25, 0.3) is 5.88 Å². The van der Waals surface area contributed by atoms with E-state index < -0.39 is 6.09 Å². The number of carbonyl (C=O) groups is 1. The Hall–Kier alpha value is -1.86. The SMILES string of the molecule is CN(C)C(=O)Oc1nsnc1-c1cc(N)ccc1Cl. The summed E-state index contributed by atoms with van der Waals surface area (Å²) in [4.78, 5) is 12.8. The number of ether oxygens (including phenoxy) is 1. The number of hydrogen-bond donors (Lipinski definition) is 1. The number of nitrogens with two attached hydrogens (primary N) is 1. The van der Waals surface area contributed by atoms with Gasteiger partial charge < -0.3 is 15.4 Å². The molecule has 6 nitrogen and oxygen atoms in total. The van der Waals surface area contributed by atoms with Gasteiger partial charge in [-0.25, -0.2) is 4.79 Å². The van der Waals surface area contributed by atoms with Gasteiger partial charge in [0.05, 0.1) is 16.8 Å². The van der Waals surface area contributed by atoms with Gasteiger partial charge in [-0.15, -0.1) is 4.37 Å². The summed E-state index contributed by atoms with van der Waals surface area (Å²) >= 11 is 7.02. The maximum Gasteiger partial charge on any atom is 0.416 e. The Morgan fingerprint density at radius 1 is 1.42 bits per heavy atom. The molecule has 100 valence electrons. The number of anilines is 1. The summed E-state index contributed by atoms with van der Waals surface area (Å²) in [6, 6.07) is 4.99. The van der Waals surface area contributed by atoms with Crippen LogP contribution in [0.2, 0.25) is 5.02 Å². The minimum atomic E-state index is -0.533. The van der Waals surface area contributed by atoms with Crippen LogP contribution in [0.3, 0.4) is 0 Å². The zero-order chi connectivity index (χ0) is 14.0. The first-order valence-electron chi connectivity index (χ1n) is 5.26. The molecule has 0 aliphatic heterocycles. The first-order valence-corrected chi connectivity index (χ1v) is 6.37. The van der Waals surface area contributed by atoms with Gasteiger partial charge in [0.15, 0.2) is 0 Å². The smallest absolute Gasteiger partial charge is 0.399 e. The van der Waals surface area contributed by atoms with Crippen LogP contribution in [0.1, 0.15) is 0 Å². The van der Waals surface area contributed by atoms with Crippen molar-refractivity contribution in [3.8, 4) is 17.1 Å². The molecule has 1 aromatic carbocycles. The largest absolute Gasteiger partial charge is 0.416 e. The van der Waals surface area contributed by atoms with Crippen LogP contribution in [0.15, 0.2) is 18.2 Å². The number of amides is 1. The fraction of sp³-hybridized carbons (Fsp3) is 0.182. The molecule has 0 fully saturated rings. The Kier molecular flexibility index (Phi) is 3.87. The van der Waals surface area contributed by atoms with E-state index in [9.17, 15) is 4.79 Å². The third-order valence-electron chi connectivity index (χ3n) is 2.25. The van der Waals surface area contributed by atoms with E-state index in [2.05, 4.69) is 8.75 Å². The van der Waals surface area contributed by atoms with Gasteiger partial charge in [0.2, 0.25) is 0 Å². The second-order valence-corrected chi connectivity index (χ2v) is 4.86. The Morgan fingerprint density at radius 3 is 2.84 bits per heavy atom. The van der Waals surface area contributed by atoms with Crippen molar-refractivity contribution < 1.29 is 9.53 Å². The molecule has 0 atom stereocenters. The first kappa shape index (κ1) is 13.6. The van der Waals surface area contributed by atoms with Gasteiger partial charge in [-0.1, -0.05) is 11.6 Å². The van der Waals surface area contributed by atoms with E-state index in [4.69, 9.17) is 22.1 Å². The molecular weight excluding hydrogens is 288 g/mol. The highest BCUT2D eigenvalue weighted by atomic mass is 35.5. The van der Waals surface area contributed by atoms with E-state index in [1.54, 1.807) is 32.3 Å². The Bertz CT molecular complexity index is 614. The molecule has 0 aliphatic rings. The van der Waals surface area contributed by atoms with Crippen LogP contribution in [0, 0.1) is 0 Å². The average molecular weight is 299 g/mol. The van der Waals surface area contributed by atoms with Crippen molar-refractivity contribution in [1.82, 2.24) is 13.6 Å². The Morgan fingerprint density at radius 2 is 2.16 bits per heavy atom. The van der Waals surface area contributed by atoms with Gasteiger partial charge in [-0.05, 0) is 18.2 Å². The predicted octanol–water partition coefficient (Wildman–Crippen LogP) is 2.50. The molecule has 0 saturated carbocycles. The predicted molar refractivity (Wildman–Crippen MR) is 74.5 cm³/mol. The second-order valence-electron chi connectivity index (χ2n) is 3.92. The lowest BCUT2D eigenvalue weighted by Crippen LogP contribution is -2.25. The molecule has 0 aliphatic carbocycles. The van der Waals surface area contributed by atoms with E-state index in [1.807, 2.05) is 0 Å². The van der Waals surface area contributed by atoms with Gasteiger partial charge in [-0.2, -0.15) is 4.37 Å². The highest BCUT2D eigenvalue weighted by Gasteiger charge is 2.18. The van der Waals surface area contributed by atoms with E-state index in [-0.39, 0.29) is 5.88 Å². The fourth-order valence-electron chi connectivity index (χ4n) is 1.31. The first-order chi connectivity index (χ1) is 8.99. The monoisotopic (exact) mass is 298 g/mol. The highest BCUT2D eigenvalue weighted by Crippen LogP contribution is 2.34. The molecule has 1 aromatic heterocycles. The third-order valence-corrected chi connectivity index (χ3v) is 3.09. The Labute approximate surface area is 119 Å². The third kappa shape index (κ3) is 2.94. The molecule has 2 rings (SSSR count). The van der Waals surface area contributed by atoms with E-state index in [0.29, 0.717) is 22.0 Å². The van der Waals surface area contributed by atoms with Crippen molar-refractivity contribution in [2.75, 3.05) is 19.8 Å². The molecular formula is C11H11ClN4O2S. The molecule has 0 saturated heterocycles. The molecule has 0 unspecified atom stereocenters. The van der Waals surface area contributed by atoms with Gasteiger partial charge >= 0.3 is 6.09 Å². The zero-order valence-electron chi connectivity index (χ0n) is 10.3. The van der Waals surface area contributed by atoms with Crippen LogP contribution < -0.4 is 10.5 Å². The summed E-state index contributed by atoms with van der Waals surface area (Å²) in [5.74, 6) is 0.121. The number of halogens is 1. The van der Waals surface area contributed by atoms with Gasteiger partial charge in [-0.3, -0.25) is 0 Å². The number of nitrogens with zero attached hydrogens (tertiary/aromatic N) is 3. The van der Waals surface area contributed by atoms with Crippen LogP contribution in [0.5, 0.6) is 5.88 Å². The van der Waals surface area contributed by atoms with E-state index in [1.165, 1.54) is 4.90 Å². The molecule has 0 bridgehead atoms. The van der Waals surface area contributed by atoms with Crippen molar-refractivity contribution >= 4 is 35.1 Å². The molecule has 1 amide bonds. The molecule has 2 N–H and O–H groups in total. The summed E-state index contributed by atoms with van der Waals surface area (Å²) in [7, 11) is 3.16. The summed E-state index contributed by atoms with van der Waals surface area (Å²) in [5, 5.41) is 0.462. The van der Waals surface area contributed by atoms with Crippen molar-refractivity contribution in [3.63, 3.8) is 0 Å². The molecule has 19 heavy (non-hydrogen) atoms. The molecule has 0 radical (unpaired) electrons. The quantitative estimate of drug-likeness (QED) is 0.862. The highest BCUT2D eigenvalue weighted by molar-refractivity contribution is 6.99. The minimum Gasteiger partial charge on any atom is -0.399 e. The number of aromatic nitrogens is 2. The minimum absolute atomic E-state index is 0.121. The van der Waals surface area contributed by atoms with Crippen LogP contribution in [-0.2, 0) is 0 Å². The maximum atomic E-state index is 11.5. The van der Waals surface area contributed by atoms with Crippen molar-refractivity contribution in [3.05, 3.63) is 23.2 Å². The number of carbonyl (C=O) groups excluding carboxylic acids is 1. The van der Waals surface area contributed by atoms with Crippen LogP contribution in [-0.4, -0.2) is 33.8 Å². The molecule has 0 spiro atoms. The summed E-state index contributed by atoms with van der Waals surface area (Å²) in [6.07, 6.45) is -0.533. The molecule has 1 heterocycles. The number of benzene rings is 1. The number of rotatable bonds is 2. The van der Waals surface area contributed by atoms with E-state index in [0.717, 1.165) is 11.7 Å². The average Bonchev–Trinajstić information content (AvgIpc) is 2.80. The van der Waals surface area contributed by atoms with E-state index >= 15 is 0 Å². The van der Waals surface area contributed by atoms with Crippen molar-refractivity contribution in [1.29, 1.82) is 0 Å². The summed E-state index contributed by atoms with van der Waals surface area (Å²) in [5.41, 5.74) is 7.23. The van der Waals surface area contributed by atoms with Gasteiger partial charge in [0.1, 0.15) is 5.69 Å². The van der Waals surface area contributed by atoms with Gasteiger partial charge in [0, 0.05) is 25.3 Å². The Balaban J connectivity index is 2.39. The lowest BCUT2D eigenvalue weighted by molar-refractivity contribution is 0.170. The fourth-order valence-corrected chi connectivity index (χ4v) is 2.01. The molecule has 8 heteroatoms. The van der Waals surface area contributed by atoms with Crippen molar-refractivity contribution in [2.45, 2.75) is 0 Å². The number of hydrogen-bond acceptors (Lipinski definition) is 6. The maximum absolute atomic E-state index is 11.5. The standard InChI is InChI=1S/C11H11ClN4O2S/c1-16(2)11(17)18-10-9(14-19-15-10)7-5-6(13)3-4-8(7)12/h3-5H,13H2,1-2H3. The normalized spacial score (nSPS) is 10.3. The van der Waals surface area contributed by atoms with Crippen LogP contribution in [0.4, 0.5) is 10.5 Å². The lowest BCUT2D eigenvalue weighted by atomic mass is 10.1. The van der Waals surface area contributed by atoms with Crippen LogP contribution >= 0.6 is 23.3 Å². The molecule has 2 aromatic rings. The summed E-state index contributed by atoms with van der Waals surface area (Å²) in [6.45, 7) is 0. The second kappa shape index (κ2) is 5.41. The van der Waals surface area contributed by atoms with Crippen LogP contribution in [0.25, 0.3) is 11.3 Å². The lowest BCUT2D eigenvalue weighted by Gasteiger charge is -2.10. The number of nitrogen functional groups attached to an aromatic ring is 1.